The van der Waals surface area contributed by atoms with Crippen LogP contribution in [0, 0.1) is 0 Å². The molecular formula is C17H18N2O. The number of hydrogen-bond donors (Lipinski definition) is 0. The average Bonchev–Trinajstić information content (AvgIpc) is 2.46. The third-order valence-corrected chi connectivity index (χ3v) is 4.54. The summed E-state index contributed by atoms with van der Waals surface area (Å²) in [5.41, 5.74) is 3.85. The molecule has 3 heteroatoms. The zero-order valence-electron chi connectivity index (χ0n) is 11.6. The van der Waals surface area contributed by atoms with Crippen LogP contribution in [0.4, 0.5) is 0 Å². The molecule has 1 aromatic heterocycles. The molecule has 2 aromatic rings. The van der Waals surface area contributed by atoms with Crippen LogP contribution in [0.25, 0.3) is 16.5 Å². The molecule has 4 rings (SSSR count). The molecule has 2 unspecified atom stereocenters. The van der Waals surface area contributed by atoms with Gasteiger partial charge in [0.05, 0.1) is 24.8 Å². The minimum atomic E-state index is 0.407. The Morgan fingerprint density at radius 3 is 3.05 bits per heavy atom. The van der Waals surface area contributed by atoms with Crippen molar-refractivity contribution in [2.24, 2.45) is 0 Å². The quantitative estimate of drug-likeness (QED) is 0.793. The Labute approximate surface area is 118 Å². The maximum absolute atomic E-state index is 5.68. The molecule has 2 aliphatic heterocycles. The molecule has 0 aliphatic carbocycles. The highest BCUT2D eigenvalue weighted by Gasteiger charge is 2.32. The zero-order valence-corrected chi connectivity index (χ0v) is 11.6. The van der Waals surface area contributed by atoms with E-state index < -0.39 is 0 Å². The number of nitrogens with zero attached hydrogens (tertiary/aromatic N) is 2. The number of likely N-dealkylation sites (N-methyl/N-ethyl adjacent to an activating group) is 1. The molecule has 2 atom stereocenters. The van der Waals surface area contributed by atoms with Gasteiger partial charge in [-0.15, -0.1) is 0 Å². The molecule has 0 N–H and O–H groups in total. The molecule has 1 saturated heterocycles. The number of pyridine rings is 1. The summed E-state index contributed by atoms with van der Waals surface area (Å²) in [6, 6.07) is 11.5. The Bertz CT molecular complexity index is 674. The molecular weight excluding hydrogens is 248 g/mol. The number of benzene rings is 1. The minimum Gasteiger partial charge on any atom is -0.378 e. The first kappa shape index (κ1) is 12.1. The number of rotatable bonds is 1. The lowest BCUT2D eigenvalue weighted by atomic mass is 9.88. The van der Waals surface area contributed by atoms with Gasteiger partial charge in [0, 0.05) is 17.6 Å². The molecule has 3 heterocycles. The minimum absolute atomic E-state index is 0.407. The predicted octanol–water partition coefficient (Wildman–Crippen LogP) is 2.72. The van der Waals surface area contributed by atoms with Crippen LogP contribution in [-0.4, -0.2) is 42.2 Å². The Morgan fingerprint density at radius 2 is 2.15 bits per heavy atom. The lowest BCUT2D eigenvalue weighted by Crippen LogP contribution is -2.51. The SMILES string of the molecule is CN1C2C=C(c3cccc4ncccc34)CC1COC2. The van der Waals surface area contributed by atoms with Crippen LogP contribution in [0.5, 0.6) is 0 Å². The summed E-state index contributed by atoms with van der Waals surface area (Å²) in [4.78, 5) is 6.90. The fourth-order valence-corrected chi connectivity index (χ4v) is 3.34. The van der Waals surface area contributed by atoms with Gasteiger partial charge in [-0.25, -0.2) is 0 Å². The largest absolute Gasteiger partial charge is 0.378 e. The van der Waals surface area contributed by atoms with E-state index in [0.717, 1.165) is 25.2 Å². The lowest BCUT2D eigenvalue weighted by Gasteiger charge is -2.42. The van der Waals surface area contributed by atoms with Crippen molar-refractivity contribution in [3.63, 3.8) is 0 Å². The first-order chi connectivity index (χ1) is 9.83. The molecule has 0 spiro atoms. The Balaban J connectivity index is 1.84. The normalized spacial score (nSPS) is 26.6. The van der Waals surface area contributed by atoms with E-state index in [-0.39, 0.29) is 0 Å². The van der Waals surface area contributed by atoms with E-state index in [1.807, 2.05) is 12.3 Å². The van der Waals surface area contributed by atoms with Gasteiger partial charge < -0.3 is 4.74 Å². The van der Waals surface area contributed by atoms with Gasteiger partial charge in [-0.1, -0.05) is 24.3 Å². The smallest absolute Gasteiger partial charge is 0.0708 e. The van der Waals surface area contributed by atoms with Crippen molar-refractivity contribution in [1.29, 1.82) is 0 Å². The van der Waals surface area contributed by atoms with E-state index in [1.54, 1.807) is 0 Å². The van der Waals surface area contributed by atoms with Crippen molar-refractivity contribution in [3.05, 3.63) is 48.2 Å². The van der Waals surface area contributed by atoms with Crippen molar-refractivity contribution >= 4 is 16.5 Å². The molecule has 0 amide bonds. The summed E-state index contributed by atoms with van der Waals surface area (Å²) >= 11 is 0. The monoisotopic (exact) mass is 266 g/mol. The van der Waals surface area contributed by atoms with E-state index in [0.29, 0.717) is 12.1 Å². The number of morpholine rings is 1. The van der Waals surface area contributed by atoms with E-state index in [2.05, 4.69) is 47.3 Å². The van der Waals surface area contributed by atoms with Gasteiger partial charge in [0.1, 0.15) is 0 Å². The second-order valence-electron chi connectivity index (χ2n) is 5.70. The first-order valence-corrected chi connectivity index (χ1v) is 7.17. The van der Waals surface area contributed by atoms with Gasteiger partial charge in [-0.2, -0.15) is 0 Å². The summed E-state index contributed by atoms with van der Waals surface area (Å²) in [6.07, 6.45) is 5.29. The van der Waals surface area contributed by atoms with E-state index in [9.17, 15) is 0 Å². The highest BCUT2D eigenvalue weighted by atomic mass is 16.5. The zero-order chi connectivity index (χ0) is 13.5. The van der Waals surface area contributed by atoms with E-state index in [4.69, 9.17) is 4.74 Å². The third kappa shape index (κ3) is 1.86. The average molecular weight is 266 g/mol. The van der Waals surface area contributed by atoms with Gasteiger partial charge in [0.25, 0.3) is 0 Å². The van der Waals surface area contributed by atoms with Gasteiger partial charge in [0.15, 0.2) is 0 Å². The standard InChI is InChI=1S/C17H18N2O/c1-19-13-8-12(9-14(19)11-20-10-13)15-4-2-6-17-16(15)5-3-7-18-17/h2-8,13-14H,9-11H2,1H3. The van der Waals surface area contributed by atoms with E-state index >= 15 is 0 Å². The van der Waals surface area contributed by atoms with Crippen LogP contribution in [0.15, 0.2) is 42.6 Å². The maximum atomic E-state index is 5.68. The maximum Gasteiger partial charge on any atom is 0.0708 e. The fourth-order valence-electron chi connectivity index (χ4n) is 3.34. The molecule has 3 nitrogen and oxygen atoms in total. The highest BCUT2D eigenvalue weighted by Crippen LogP contribution is 2.34. The van der Waals surface area contributed by atoms with Gasteiger partial charge in [-0.05, 0) is 36.7 Å². The fraction of sp³-hybridized carbons (Fsp3) is 0.353. The first-order valence-electron chi connectivity index (χ1n) is 7.17. The molecule has 1 fully saturated rings. The molecule has 20 heavy (non-hydrogen) atoms. The van der Waals surface area contributed by atoms with Gasteiger partial charge in [-0.3, -0.25) is 9.88 Å². The van der Waals surface area contributed by atoms with Crippen LogP contribution in [0.1, 0.15) is 12.0 Å². The number of ether oxygens (including phenoxy) is 1. The van der Waals surface area contributed by atoms with E-state index in [1.165, 1.54) is 16.5 Å². The van der Waals surface area contributed by atoms with Crippen LogP contribution in [0.2, 0.25) is 0 Å². The lowest BCUT2D eigenvalue weighted by molar-refractivity contribution is -0.0221. The van der Waals surface area contributed by atoms with Crippen molar-refractivity contribution in [2.45, 2.75) is 18.5 Å². The summed E-state index contributed by atoms with van der Waals surface area (Å²) in [6.45, 7) is 1.65. The highest BCUT2D eigenvalue weighted by molar-refractivity contribution is 5.92. The number of hydrogen-bond acceptors (Lipinski definition) is 3. The van der Waals surface area contributed by atoms with Crippen LogP contribution in [-0.2, 0) is 4.74 Å². The van der Waals surface area contributed by atoms with Gasteiger partial charge >= 0.3 is 0 Å². The summed E-state index contributed by atoms with van der Waals surface area (Å²) in [7, 11) is 2.20. The number of fused-ring (bicyclic) bond motifs is 3. The Hall–Kier alpha value is -1.71. The van der Waals surface area contributed by atoms with Crippen molar-refractivity contribution in [1.82, 2.24) is 9.88 Å². The Kier molecular flexibility index (Phi) is 2.83. The third-order valence-electron chi connectivity index (χ3n) is 4.54. The summed E-state index contributed by atoms with van der Waals surface area (Å²) in [5.74, 6) is 0. The molecule has 2 bridgehead atoms. The number of aromatic nitrogens is 1. The Morgan fingerprint density at radius 1 is 1.20 bits per heavy atom. The van der Waals surface area contributed by atoms with Crippen LogP contribution in [0.3, 0.4) is 0 Å². The molecule has 2 aliphatic rings. The summed E-state index contributed by atoms with van der Waals surface area (Å²) < 4.78 is 5.68. The topological polar surface area (TPSA) is 25.4 Å². The summed E-state index contributed by atoms with van der Waals surface area (Å²) in [5, 5.41) is 1.25. The van der Waals surface area contributed by atoms with Crippen LogP contribution < -0.4 is 0 Å². The molecule has 102 valence electrons. The van der Waals surface area contributed by atoms with Crippen molar-refractivity contribution in [2.75, 3.05) is 20.3 Å². The van der Waals surface area contributed by atoms with Gasteiger partial charge in [0.2, 0.25) is 0 Å². The molecule has 0 saturated carbocycles. The second-order valence-corrected chi connectivity index (χ2v) is 5.70. The second kappa shape index (κ2) is 4.69. The van der Waals surface area contributed by atoms with Crippen LogP contribution >= 0.6 is 0 Å². The van der Waals surface area contributed by atoms with Crippen molar-refractivity contribution < 1.29 is 4.74 Å². The molecule has 0 radical (unpaired) electrons. The molecule has 1 aromatic carbocycles. The van der Waals surface area contributed by atoms with Crippen molar-refractivity contribution in [3.8, 4) is 0 Å². The predicted molar refractivity (Wildman–Crippen MR) is 80.5 cm³/mol.